The average molecular weight is 599 g/mol. The van der Waals surface area contributed by atoms with Gasteiger partial charge in [0.1, 0.15) is 18.3 Å². The van der Waals surface area contributed by atoms with E-state index in [4.69, 9.17) is 9.47 Å². The third-order valence-electron chi connectivity index (χ3n) is 12.5. The molecule has 10 heteroatoms. The Morgan fingerprint density at radius 1 is 0.905 bits per heavy atom. The van der Waals surface area contributed by atoms with Crippen molar-refractivity contribution < 1.29 is 50.3 Å². The van der Waals surface area contributed by atoms with Gasteiger partial charge in [-0.05, 0) is 73.0 Å². The van der Waals surface area contributed by atoms with Crippen LogP contribution in [0.15, 0.2) is 12.2 Å². The van der Waals surface area contributed by atoms with E-state index in [1.807, 2.05) is 6.92 Å². The summed E-state index contributed by atoms with van der Waals surface area (Å²) in [6.07, 6.45) is 0.593. The fraction of sp³-hybridized carbons (Fsp3) is 0.938. The van der Waals surface area contributed by atoms with E-state index in [0.29, 0.717) is 25.9 Å². The number of rotatable bonds is 8. The monoisotopic (exact) mass is 598 g/mol. The lowest BCUT2D eigenvalue weighted by Crippen LogP contribution is -2.70. The minimum Gasteiger partial charge on any atom is -0.394 e. The van der Waals surface area contributed by atoms with E-state index in [-0.39, 0.29) is 41.4 Å². The molecule has 4 aliphatic carbocycles. The van der Waals surface area contributed by atoms with Crippen LogP contribution in [0.1, 0.15) is 72.6 Å². The third-order valence-corrected chi connectivity index (χ3v) is 12.5. The van der Waals surface area contributed by atoms with Crippen molar-refractivity contribution in [1.82, 2.24) is 0 Å². The van der Waals surface area contributed by atoms with Crippen LogP contribution in [0.4, 0.5) is 0 Å². The first kappa shape index (κ1) is 32.7. The Kier molecular flexibility index (Phi) is 9.30. The summed E-state index contributed by atoms with van der Waals surface area (Å²) in [4.78, 5) is 0. The number of hydrogen-bond acceptors (Lipinski definition) is 10. The first-order chi connectivity index (χ1) is 19.7. The van der Waals surface area contributed by atoms with Crippen molar-refractivity contribution >= 4 is 0 Å². The minimum absolute atomic E-state index is 0.100. The summed E-state index contributed by atoms with van der Waals surface area (Å²) < 4.78 is 11.1. The maximum atomic E-state index is 12.4. The topological polar surface area (TPSA) is 180 Å². The molecule has 42 heavy (non-hydrogen) atoms. The van der Waals surface area contributed by atoms with Crippen LogP contribution in [-0.4, -0.2) is 109 Å². The predicted octanol–water partition coefficient (Wildman–Crippen LogP) is 0.708. The number of aliphatic hydroxyl groups excluding tert-OH is 7. The van der Waals surface area contributed by atoms with E-state index in [2.05, 4.69) is 32.9 Å². The van der Waals surface area contributed by atoms with Crippen molar-refractivity contribution in [1.29, 1.82) is 0 Å². The molecule has 0 aromatic carbocycles. The lowest BCUT2D eigenvalue weighted by molar-refractivity contribution is -0.280. The van der Waals surface area contributed by atoms with Crippen LogP contribution in [0.2, 0.25) is 0 Å². The van der Waals surface area contributed by atoms with Gasteiger partial charge in [0, 0.05) is 18.3 Å². The second kappa shape index (κ2) is 11.9. The Labute approximate surface area is 249 Å². The van der Waals surface area contributed by atoms with Crippen molar-refractivity contribution in [2.45, 2.75) is 127 Å². The lowest BCUT2D eigenvalue weighted by Gasteiger charge is -2.66. The van der Waals surface area contributed by atoms with Gasteiger partial charge in [0.2, 0.25) is 0 Å². The largest absolute Gasteiger partial charge is 0.394 e. The maximum absolute atomic E-state index is 12.4. The van der Waals surface area contributed by atoms with Gasteiger partial charge in [-0.1, -0.05) is 39.8 Å². The van der Waals surface area contributed by atoms with Crippen LogP contribution < -0.4 is 0 Å². The van der Waals surface area contributed by atoms with Gasteiger partial charge in [0.05, 0.1) is 43.2 Å². The smallest absolute Gasteiger partial charge is 0.186 e. The molecule has 5 aliphatic rings. The molecule has 10 nitrogen and oxygen atoms in total. The molecule has 17 atom stereocenters. The summed E-state index contributed by atoms with van der Waals surface area (Å²) in [5.41, 5.74) is -2.10. The molecule has 4 saturated carbocycles. The van der Waals surface area contributed by atoms with Gasteiger partial charge < -0.3 is 50.3 Å². The number of fused-ring (bicyclic) bond motifs is 5. The molecule has 8 N–H and O–H groups in total. The van der Waals surface area contributed by atoms with E-state index >= 15 is 0 Å². The zero-order chi connectivity index (χ0) is 30.8. The van der Waals surface area contributed by atoms with Gasteiger partial charge in [0.25, 0.3) is 0 Å². The molecule has 0 spiro atoms. The van der Waals surface area contributed by atoms with Gasteiger partial charge >= 0.3 is 0 Å². The Morgan fingerprint density at radius 3 is 2.26 bits per heavy atom. The molecule has 5 fully saturated rings. The minimum atomic E-state index is -1.25. The van der Waals surface area contributed by atoms with Gasteiger partial charge in [-0.2, -0.15) is 0 Å². The molecule has 0 unspecified atom stereocenters. The quantitative estimate of drug-likeness (QED) is 0.185. The summed E-state index contributed by atoms with van der Waals surface area (Å²) in [5.74, 6) is -0.649. The number of aliphatic hydroxyl groups is 8. The Hall–Kier alpha value is -0.660. The molecular weight excluding hydrogens is 544 g/mol. The van der Waals surface area contributed by atoms with Crippen LogP contribution in [0.3, 0.4) is 0 Å². The number of ether oxygens (including phenoxy) is 2. The summed E-state index contributed by atoms with van der Waals surface area (Å²) in [5, 5.41) is 85.7. The van der Waals surface area contributed by atoms with Crippen molar-refractivity contribution in [3.05, 3.63) is 12.2 Å². The van der Waals surface area contributed by atoms with Gasteiger partial charge in [0.15, 0.2) is 6.29 Å². The zero-order valence-electron chi connectivity index (χ0n) is 25.5. The average Bonchev–Trinajstić information content (AvgIpc) is 3.36. The fourth-order valence-corrected chi connectivity index (χ4v) is 10.4. The molecule has 0 aromatic heterocycles. The van der Waals surface area contributed by atoms with Crippen LogP contribution >= 0.6 is 0 Å². The fourth-order valence-electron chi connectivity index (χ4n) is 10.4. The van der Waals surface area contributed by atoms with Gasteiger partial charge in [-0.3, -0.25) is 0 Å². The lowest BCUT2D eigenvalue weighted by atomic mass is 9.41. The number of hydrogen-bond donors (Lipinski definition) is 8. The second-order valence-corrected chi connectivity index (χ2v) is 15.0. The van der Waals surface area contributed by atoms with E-state index in [1.54, 1.807) is 0 Å². The predicted molar refractivity (Wildman–Crippen MR) is 153 cm³/mol. The second-order valence-electron chi connectivity index (χ2n) is 15.0. The molecule has 0 amide bonds. The van der Waals surface area contributed by atoms with E-state index < -0.39 is 72.6 Å². The highest BCUT2D eigenvalue weighted by molar-refractivity contribution is 5.21. The highest BCUT2D eigenvalue weighted by Crippen LogP contribution is 2.69. The number of allylic oxidation sites excluding steroid dienone is 2. The Bertz CT molecular complexity index is 979. The van der Waals surface area contributed by atoms with Crippen molar-refractivity contribution in [3.63, 3.8) is 0 Å². The van der Waals surface area contributed by atoms with E-state index in [1.165, 1.54) is 0 Å². The highest BCUT2D eigenvalue weighted by Gasteiger charge is 2.71. The molecule has 1 saturated heterocycles. The van der Waals surface area contributed by atoms with Crippen molar-refractivity contribution in [2.24, 2.45) is 46.3 Å². The standard InChI is InChI=1S/C32H54O10/c1-16(15-41-29-27(39)26(38)22(14-33)42-29)6-5-7-17(2)18-12-20(35)28-30(18,3)11-9-23-31(4)10-8-19(34)25(37)24(31)21(36)13-32(23,28)40/h5,7,16-29,33-40H,6,8-15H2,1-4H3/b7-5+/t16-,17-,18-,19+,20-,21+,22-,23-,24+,25+,26-,27+,28-,29+,30-,31-,32+/m1/s1. The summed E-state index contributed by atoms with van der Waals surface area (Å²) >= 11 is 0. The molecule has 0 radical (unpaired) electrons. The van der Waals surface area contributed by atoms with E-state index in [0.717, 1.165) is 19.3 Å². The molecule has 242 valence electrons. The Balaban J connectivity index is 1.23. The molecular formula is C32H54O10. The van der Waals surface area contributed by atoms with Crippen molar-refractivity contribution in [3.8, 4) is 0 Å². The summed E-state index contributed by atoms with van der Waals surface area (Å²) in [7, 11) is 0. The first-order valence-electron chi connectivity index (χ1n) is 16.0. The SMILES string of the molecule is C[C@H](C/C=C/[C@@H](C)[C@H]1C[C@@H](O)[C@@H]2[C@]1(C)CC[C@@H]1[C@@]3(C)CC[C@H](O)[C@H](O)[C@@H]3[C@@H](O)C[C@]12O)CO[C@H]1O[C@H](CO)[C@@H](O)[C@@H]1O. The van der Waals surface area contributed by atoms with Crippen LogP contribution in [0, 0.1) is 46.3 Å². The van der Waals surface area contributed by atoms with Crippen LogP contribution in [-0.2, 0) is 9.47 Å². The molecule has 5 rings (SSSR count). The highest BCUT2D eigenvalue weighted by atomic mass is 16.7. The molecule has 0 aromatic rings. The first-order valence-corrected chi connectivity index (χ1v) is 16.0. The van der Waals surface area contributed by atoms with Crippen LogP contribution in [0.25, 0.3) is 0 Å². The van der Waals surface area contributed by atoms with Gasteiger partial charge in [-0.15, -0.1) is 0 Å². The van der Waals surface area contributed by atoms with Gasteiger partial charge in [-0.25, -0.2) is 0 Å². The summed E-state index contributed by atoms with van der Waals surface area (Å²) in [6.45, 7) is 8.34. The summed E-state index contributed by atoms with van der Waals surface area (Å²) in [6, 6.07) is 0. The normalized spacial score (nSPS) is 53.9. The molecule has 1 aliphatic heterocycles. The molecule has 0 bridgehead atoms. The van der Waals surface area contributed by atoms with Crippen LogP contribution in [0.5, 0.6) is 0 Å². The zero-order valence-corrected chi connectivity index (χ0v) is 25.5. The van der Waals surface area contributed by atoms with E-state index in [9.17, 15) is 40.9 Å². The third kappa shape index (κ3) is 5.21. The van der Waals surface area contributed by atoms with Crippen molar-refractivity contribution in [2.75, 3.05) is 13.2 Å². The molecule has 1 heterocycles. The Morgan fingerprint density at radius 2 is 1.60 bits per heavy atom. The maximum Gasteiger partial charge on any atom is 0.186 e.